The van der Waals surface area contributed by atoms with Crippen LogP contribution in [0.3, 0.4) is 0 Å². The van der Waals surface area contributed by atoms with Crippen LogP contribution in [0.2, 0.25) is 5.02 Å². The van der Waals surface area contributed by atoms with E-state index < -0.39 is 11.7 Å². The summed E-state index contributed by atoms with van der Waals surface area (Å²) in [6.45, 7) is 4.77. The van der Waals surface area contributed by atoms with E-state index in [0.717, 1.165) is 50.9 Å². The van der Waals surface area contributed by atoms with E-state index in [9.17, 15) is 13.2 Å². The fraction of sp³-hybridized carbons (Fsp3) is 0.455. The first-order chi connectivity index (χ1) is 13.3. The highest BCUT2D eigenvalue weighted by atomic mass is 35.5. The average molecular weight is 414 g/mol. The quantitative estimate of drug-likeness (QED) is 0.394. The van der Waals surface area contributed by atoms with E-state index in [1.807, 2.05) is 24.3 Å². The molecule has 1 aromatic rings. The number of halogens is 4. The molecule has 1 aliphatic rings. The maximum atomic E-state index is 12.8. The normalized spacial score (nSPS) is 18.5. The minimum Gasteiger partial charge on any atom is -0.486 e. The molecule has 1 saturated heterocycles. The molecule has 2 rings (SSSR count). The van der Waals surface area contributed by atoms with Crippen molar-refractivity contribution in [2.75, 3.05) is 13.1 Å². The number of alkyl halides is 3. The smallest absolute Gasteiger partial charge is 0.412 e. The Hall–Kier alpha value is -1.72. The number of ether oxygens (including phenoxy) is 1. The highest BCUT2D eigenvalue weighted by Gasteiger charge is 2.29. The number of nitrogens with one attached hydrogen (secondary N) is 1. The van der Waals surface area contributed by atoms with Crippen molar-refractivity contribution in [1.29, 1.82) is 0 Å². The van der Waals surface area contributed by atoms with Gasteiger partial charge in [-0.25, -0.2) is 0 Å². The van der Waals surface area contributed by atoms with Crippen molar-refractivity contribution in [2.24, 2.45) is 5.92 Å². The molecule has 1 fully saturated rings. The highest BCUT2D eigenvalue weighted by Crippen LogP contribution is 2.35. The lowest BCUT2D eigenvalue weighted by molar-refractivity contribution is -0.0913. The lowest BCUT2D eigenvalue weighted by Crippen LogP contribution is -2.28. The largest absolute Gasteiger partial charge is 0.486 e. The van der Waals surface area contributed by atoms with E-state index in [0.29, 0.717) is 16.7 Å². The van der Waals surface area contributed by atoms with Crippen molar-refractivity contribution in [3.63, 3.8) is 0 Å². The zero-order valence-electron chi connectivity index (χ0n) is 16.2. The van der Waals surface area contributed by atoms with E-state index >= 15 is 0 Å². The van der Waals surface area contributed by atoms with Crippen LogP contribution in [0.15, 0.2) is 59.9 Å². The number of allylic oxidation sites excluding steroid dienone is 5. The second-order valence-electron chi connectivity index (χ2n) is 6.97. The third kappa shape index (κ3) is 7.02. The van der Waals surface area contributed by atoms with E-state index in [-0.39, 0.29) is 6.10 Å². The second kappa shape index (κ2) is 10.7. The maximum Gasteiger partial charge on any atom is 0.412 e. The van der Waals surface area contributed by atoms with Crippen molar-refractivity contribution in [1.82, 2.24) is 5.32 Å². The number of hydrogen-bond donors (Lipinski definition) is 1. The topological polar surface area (TPSA) is 21.3 Å². The summed E-state index contributed by atoms with van der Waals surface area (Å²) in [4.78, 5) is 0. The molecule has 1 aliphatic heterocycles. The molecule has 1 unspecified atom stereocenters. The van der Waals surface area contributed by atoms with Gasteiger partial charge in [0.15, 0.2) is 0 Å². The van der Waals surface area contributed by atoms with Crippen LogP contribution in [0, 0.1) is 5.92 Å². The van der Waals surface area contributed by atoms with Crippen LogP contribution in [-0.2, 0) is 4.74 Å². The summed E-state index contributed by atoms with van der Waals surface area (Å²) in [5, 5.41) is 3.94. The molecule has 6 heteroatoms. The average Bonchev–Trinajstić information content (AvgIpc) is 2.66. The van der Waals surface area contributed by atoms with Crippen LogP contribution in [0.5, 0.6) is 0 Å². The minimum atomic E-state index is -4.35. The molecule has 1 N–H and O–H groups in total. The summed E-state index contributed by atoms with van der Waals surface area (Å²) in [5.41, 5.74) is 0.181. The Morgan fingerprint density at radius 2 is 1.93 bits per heavy atom. The Labute approximate surface area is 170 Å². The van der Waals surface area contributed by atoms with E-state index in [2.05, 4.69) is 5.32 Å². The van der Waals surface area contributed by atoms with Gasteiger partial charge in [-0.15, -0.1) is 0 Å². The van der Waals surface area contributed by atoms with Gasteiger partial charge in [-0.2, -0.15) is 13.2 Å². The zero-order chi connectivity index (χ0) is 20.6. The van der Waals surface area contributed by atoms with Crippen LogP contribution < -0.4 is 5.32 Å². The molecule has 0 aliphatic carbocycles. The molecular weight excluding hydrogens is 387 g/mol. The molecule has 0 spiro atoms. The third-order valence-corrected chi connectivity index (χ3v) is 5.16. The monoisotopic (exact) mass is 413 g/mol. The van der Waals surface area contributed by atoms with Gasteiger partial charge in [-0.3, -0.25) is 0 Å². The van der Waals surface area contributed by atoms with Gasteiger partial charge in [-0.05, 0) is 70.3 Å². The molecule has 1 aromatic carbocycles. The van der Waals surface area contributed by atoms with Crippen LogP contribution >= 0.6 is 11.6 Å². The van der Waals surface area contributed by atoms with Crippen molar-refractivity contribution in [3.8, 4) is 0 Å². The molecule has 0 aromatic heterocycles. The fourth-order valence-electron chi connectivity index (χ4n) is 3.16. The Bertz CT molecular complexity index is 719. The molecule has 0 bridgehead atoms. The first-order valence-electron chi connectivity index (χ1n) is 9.51. The highest BCUT2D eigenvalue weighted by molar-refractivity contribution is 6.31. The van der Waals surface area contributed by atoms with E-state index in [4.69, 9.17) is 16.3 Å². The number of piperidine rings is 1. The summed E-state index contributed by atoms with van der Waals surface area (Å²) in [7, 11) is 0. The lowest BCUT2D eigenvalue weighted by atomic mass is 9.89. The van der Waals surface area contributed by atoms with Gasteiger partial charge >= 0.3 is 6.18 Å². The maximum absolute atomic E-state index is 12.8. The molecule has 0 amide bonds. The molecule has 0 radical (unpaired) electrons. The van der Waals surface area contributed by atoms with Gasteiger partial charge in [0, 0.05) is 16.2 Å². The molecule has 1 atom stereocenters. The van der Waals surface area contributed by atoms with Gasteiger partial charge in [0.25, 0.3) is 0 Å². The van der Waals surface area contributed by atoms with Gasteiger partial charge < -0.3 is 10.1 Å². The van der Waals surface area contributed by atoms with Crippen molar-refractivity contribution in [3.05, 3.63) is 70.5 Å². The Balaban J connectivity index is 2.28. The molecule has 0 saturated carbocycles. The summed E-state index contributed by atoms with van der Waals surface area (Å²) in [5.74, 6) is 0.854. The fourth-order valence-corrected chi connectivity index (χ4v) is 3.42. The summed E-state index contributed by atoms with van der Waals surface area (Å²) in [6.07, 6.45) is 4.01. The third-order valence-electron chi connectivity index (χ3n) is 4.81. The van der Waals surface area contributed by atoms with Crippen molar-refractivity contribution >= 4 is 11.6 Å². The molecular formula is C22H27ClF3NO. The SMILES string of the molecule is C\C=C/C(=C\C=C(/C)C(F)(F)F)OC(CC1CCNCC1)c1ccccc1Cl. The Morgan fingerprint density at radius 1 is 1.25 bits per heavy atom. The van der Waals surface area contributed by atoms with Gasteiger partial charge in [0.1, 0.15) is 11.9 Å². The first-order valence-corrected chi connectivity index (χ1v) is 9.89. The Morgan fingerprint density at radius 3 is 2.54 bits per heavy atom. The van der Waals surface area contributed by atoms with Gasteiger partial charge in [0.2, 0.25) is 0 Å². The standard InChI is InChI=1S/C22H27ClF3NO/c1-3-6-18(10-9-16(2)22(24,25)26)28-21(15-17-11-13-27-14-12-17)19-7-4-5-8-20(19)23/h3-10,17,21,27H,11-15H2,1-2H3/b6-3-,16-9+,18-10+. The Kier molecular flexibility index (Phi) is 8.64. The van der Waals surface area contributed by atoms with Crippen LogP contribution in [-0.4, -0.2) is 19.3 Å². The van der Waals surface area contributed by atoms with Gasteiger partial charge in [0.05, 0.1) is 0 Å². The first kappa shape index (κ1) is 22.6. The number of rotatable bonds is 7. The van der Waals surface area contributed by atoms with E-state index in [1.165, 1.54) is 6.08 Å². The van der Waals surface area contributed by atoms with Crippen molar-refractivity contribution in [2.45, 2.75) is 45.4 Å². The zero-order valence-corrected chi connectivity index (χ0v) is 17.0. The minimum absolute atomic E-state index is 0.321. The summed E-state index contributed by atoms with van der Waals surface area (Å²) >= 11 is 6.39. The van der Waals surface area contributed by atoms with Crippen LogP contribution in [0.4, 0.5) is 13.2 Å². The lowest BCUT2D eigenvalue weighted by Gasteiger charge is -2.28. The molecule has 28 heavy (non-hydrogen) atoms. The predicted molar refractivity (Wildman–Crippen MR) is 108 cm³/mol. The number of benzene rings is 1. The van der Waals surface area contributed by atoms with Crippen molar-refractivity contribution < 1.29 is 17.9 Å². The second-order valence-corrected chi connectivity index (χ2v) is 7.38. The number of hydrogen-bond acceptors (Lipinski definition) is 2. The molecule has 1 heterocycles. The van der Waals surface area contributed by atoms with Crippen LogP contribution in [0.1, 0.15) is 44.8 Å². The van der Waals surface area contributed by atoms with Gasteiger partial charge in [-0.1, -0.05) is 42.0 Å². The summed E-state index contributed by atoms with van der Waals surface area (Å²) < 4.78 is 44.6. The molecule has 2 nitrogen and oxygen atoms in total. The summed E-state index contributed by atoms with van der Waals surface area (Å²) in [6, 6.07) is 7.47. The molecule has 154 valence electrons. The van der Waals surface area contributed by atoms with Crippen LogP contribution in [0.25, 0.3) is 0 Å². The van der Waals surface area contributed by atoms with E-state index in [1.54, 1.807) is 19.1 Å². The predicted octanol–water partition coefficient (Wildman–Crippen LogP) is 6.76.